The van der Waals surface area contributed by atoms with Crippen LogP contribution in [0.1, 0.15) is 63.9 Å². The van der Waals surface area contributed by atoms with Crippen LogP contribution < -0.4 is 0 Å². The normalized spacial score (nSPS) is 11.6. The summed E-state index contributed by atoms with van der Waals surface area (Å²) < 4.78 is 22.7. The van der Waals surface area contributed by atoms with Crippen molar-refractivity contribution in [2.45, 2.75) is 69.6 Å². The lowest BCUT2D eigenvalue weighted by atomic mass is 10.0. The van der Waals surface area contributed by atoms with Gasteiger partial charge >= 0.3 is 0 Å². The highest BCUT2D eigenvalue weighted by Gasteiger charge is 2.24. The molecule has 0 amide bonds. The van der Waals surface area contributed by atoms with Gasteiger partial charge in [0.1, 0.15) is 0 Å². The van der Waals surface area contributed by atoms with Crippen LogP contribution in [0.2, 0.25) is 0 Å². The van der Waals surface area contributed by atoms with Crippen LogP contribution in [0.15, 0.2) is 23.1 Å². The van der Waals surface area contributed by atoms with Crippen LogP contribution in [-0.2, 0) is 15.5 Å². The number of unbranched alkanes of at least 4 members (excludes halogenated alkanes) is 7. The van der Waals surface area contributed by atoms with E-state index in [1.807, 2.05) is 0 Å². The second-order valence-corrected chi connectivity index (χ2v) is 8.26. The highest BCUT2D eigenvalue weighted by molar-refractivity contribution is 8.13. The minimum Gasteiger partial charge on any atom is -0.258 e. The number of benzene rings is 1. The highest BCUT2D eigenvalue weighted by Crippen LogP contribution is 2.28. The Morgan fingerprint density at radius 1 is 1.04 bits per heavy atom. The van der Waals surface area contributed by atoms with E-state index < -0.39 is 24.6 Å². The molecular formula is C16H24ClNO4S. The van der Waals surface area contributed by atoms with Crippen LogP contribution in [0.4, 0.5) is 5.69 Å². The van der Waals surface area contributed by atoms with Crippen molar-refractivity contribution >= 4 is 25.4 Å². The van der Waals surface area contributed by atoms with E-state index >= 15 is 0 Å². The number of nitro groups is 1. The molecule has 0 fully saturated rings. The number of hydrogen-bond acceptors (Lipinski definition) is 4. The Morgan fingerprint density at radius 2 is 1.61 bits per heavy atom. The molecule has 0 N–H and O–H groups in total. The van der Waals surface area contributed by atoms with Crippen LogP contribution in [0.3, 0.4) is 0 Å². The molecule has 1 aromatic rings. The first-order valence-electron chi connectivity index (χ1n) is 8.08. The quantitative estimate of drug-likeness (QED) is 0.235. The van der Waals surface area contributed by atoms with E-state index in [9.17, 15) is 18.5 Å². The molecule has 0 bridgehead atoms. The number of aryl methyl sites for hydroxylation is 1. The number of hydrogen-bond donors (Lipinski definition) is 0. The first-order chi connectivity index (χ1) is 10.9. The van der Waals surface area contributed by atoms with E-state index in [0.717, 1.165) is 18.4 Å². The molecule has 0 unspecified atom stereocenters. The standard InChI is InChI=1S/C16H24ClNO4S/c1-2-3-4-5-6-7-8-9-10-14-11-12-16(23(17,21)22)15(13-14)18(19)20/h11-13H,2-10H2,1H3. The number of rotatable bonds is 11. The summed E-state index contributed by atoms with van der Waals surface area (Å²) in [5, 5.41) is 11.0. The van der Waals surface area contributed by atoms with Gasteiger partial charge in [-0.25, -0.2) is 8.42 Å². The average Bonchev–Trinajstić information content (AvgIpc) is 2.48. The summed E-state index contributed by atoms with van der Waals surface area (Å²) in [7, 11) is 1.12. The molecule has 0 aliphatic rings. The fraction of sp³-hybridized carbons (Fsp3) is 0.625. The van der Waals surface area contributed by atoms with Gasteiger partial charge in [-0.05, 0) is 24.5 Å². The van der Waals surface area contributed by atoms with E-state index in [-0.39, 0.29) is 0 Å². The van der Waals surface area contributed by atoms with Gasteiger partial charge in [0.15, 0.2) is 4.90 Å². The Balaban J connectivity index is 2.49. The molecule has 5 nitrogen and oxygen atoms in total. The van der Waals surface area contributed by atoms with Gasteiger partial charge in [0.2, 0.25) is 0 Å². The Morgan fingerprint density at radius 3 is 2.13 bits per heavy atom. The molecule has 1 aromatic carbocycles. The fourth-order valence-electron chi connectivity index (χ4n) is 2.53. The molecule has 130 valence electrons. The molecule has 0 aliphatic carbocycles. The Hall–Kier alpha value is -1.14. The molecule has 23 heavy (non-hydrogen) atoms. The van der Waals surface area contributed by atoms with Gasteiger partial charge in [-0.2, -0.15) is 0 Å². The summed E-state index contributed by atoms with van der Waals surface area (Å²) in [6.07, 6.45) is 10.2. The summed E-state index contributed by atoms with van der Waals surface area (Å²) in [4.78, 5) is 9.86. The topological polar surface area (TPSA) is 77.3 Å². The van der Waals surface area contributed by atoms with Crippen LogP contribution in [-0.4, -0.2) is 13.3 Å². The monoisotopic (exact) mass is 361 g/mol. The van der Waals surface area contributed by atoms with Crippen LogP contribution >= 0.6 is 10.7 Å². The van der Waals surface area contributed by atoms with Crippen molar-refractivity contribution in [1.29, 1.82) is 0 Å². The van der Waals surface area contributed by atoms with Gasteiger partial charge in [-0.15, -0.1) is 0 Å². The third-order valence-corrected chi connectivity index (χ3v) is 5.17. The van der Waals surface area contributed by atoms with E-state index in [1.165, 1.54) is 50.7 Å². The summed E-state index contributed by atoms with van der Waals surface area (Å²) in [6.45, 7) is 2.19. The van der Waals surface area contributed by atoms with Crippen molar-refractivity contribution < 1.29 is 13.3 Å². The average molecular weight is 362 g/mol. The number of halogens is 1. The molecule has 1 rings (SSSR count). The van der Waals surface area contributed by atoms with Crippen molar-refractivity contribution in [2.75, 3.05) is 0 Å². The SMILES string of the molecule is CCCCCCCCCCc1ccc(S(=O)(=O)Cl)c([N+](=O)[O-])c1. The lowest BCUT2D eigenvalue weighted by Gasteiger charge is -2.05. The van der Waals surface area contributed by atoms with Crippen molar-refractivity contribution in [3.05, 3.63) is 33.9 Å². The van der Waals surface area contributed by atoms with Gasteiger partial charge in [-0.3, -0.25) is 10.1 Å². The number of nitro benzene ring substituents is 1. The third kappa shape index (κ3) is 7.31. The Bertz CT molecular complexity index is 617. The van der Waals surface area contributed by atoms with E-state index in [1.54, 1.807) is 6.07 Å². The molecule has 0 radical (unpaired) electrons. The Kier molecular flexibility index (Phi) is 8.55. The molecule has 0 aliphatic heterocycles. The fourth-order valence-corrected chi connectivity index (χ4v) is 3.54. The van der Waals surface area contributed by atoms with Crippen molar-refractivity contribution in [1.82, 2.24) is 0 Å². The van der Waals surface area contributed by atoms with E-state index in [4.69, 9.17) is 10.7 Å². The molecule has 0 heterocycles. The minimum absolute atomic E-state index is 0.441. The first kappa shape index (κ1) is 19.9. The largest absolute Gasteiger partial charge is 0.289 e. The van der Waals surface area contributed by atoms with Gasteiger partial charge < -0.3 is 0 Å². The summed E-state index contributed by atoms with van der Waals surface area (Å²) in [6, 6.07) is 4.14. The smallest absolute Gasteiger partial charge is 0.258 e. The predicted molar refractivity (Wildman–Crippen MR) is 92.4 cm³/mol. The van der Waals surface area contributed by atoms with E-state index in [0.29, 0.717) is 6.42 Å². The number of nitrogens with zero attached hydrogens (tertiary/aromatic N) is 1. The van der Waals surface area contributed by atoms with Crippen LogP contribution in [0.5, 0.6) is 0 Å². The maximum absolute atomic E-state index is 11.3. The van der Waals surface area contributed by atoms with Crippen molar-refractivity contribution in [2.24, 2.45) is 0 Å². The maximum Gasteiger partial charge on any atom is 0.289 e. The van der Waals surface area contributed by atoms with Crippen molar-refractivity contribution in [3.63, 3.8) is 0 Å². The van der Waals surface area contributed by atoms with Crippen LogP contribution in [0.25, 0.3) is 0 Å². The van der Waals surface area contributed by atoms with Crippen LogP contribution in [0, 0.1) is 10.1 Å². The molecule has 0 saturated heterocycles. The Labute approximate surface area is 142 Å². The molecule has 0 atom stereocenters. The van der Waals surface area contributed by atoms with Gasteiger partial charge in [0.25, 0.3) is 14.7 Å². The zero-order valence-corrected chi connectivity index (χ0v) is 15.0. The highest BCUT2D eigenvalue weighted by atomic mass is 35.7. The molecular weight excluding hydrogens is 338 g/mol. The predicted octanol–water partition coefficient (Wildman–Crippen LogP) is 5.21. The summed E-state index contributed by atoms with van der Waals surface area (Å²) in [5.41, 5.74) is 0.323. The molecule has 7 heteroatoms. The molecule has 0 saturated carbocycles. The van der Waals surface area contributed by atoms with E-state index in [2.05, 4.69) is 6.92 Å². The lowest BCUT2D eigenvalue weighted by Crippen LogP contribution is -2.00. The zero-order chi connectivity index (χ0) is 17.3. The van der Waals surface area contributed by atoms with Gasteiger partial charge in [0.05, 0.1) is 4.92 Å². The van der Waals surface area contributed by atoms with Crippen molar-refractivity contribution in [3.8, 4) is 0 Å². The molecule has 0 spiro atoms. The maximum atomic E-state index is 11.3. The van der Waals surface area contributed by atoms with Gasteiger partial charge in [0, 0.05) is 16.7 Å². The molecule has 0 aromatic heterocycles. The second kappa shape index (κ2) is 9.88. The zero-order valence-electron chi connectivity index (χ0n) is 13.5. The third-order valence-electron chi connectivity index (χ3n) is 3.80. The summed E-state index contributed by atoms with van der Waals surface area (Å²) in [5.74, 6) is 0. The second-order valence-electron chi connectivity index (χ2n) is 5.72. The lowest BCUT2D eigenvalue weighted by molar-refractivity contribution is -0.387. The van der Waals surface area contributed by atoms with Gasteiger partial charge in [-0.1, -0.05) is 57.9 Å². The first-order valence-corrected chi connectivity index (χ1v) is 10.4. The summed E-state index contributed by atoms with van der Waals surface area (Å²) >= 11 is 0. The minimum atomic E-state index is -4.10.